The van der Waals surface area contributed by atoms with E-state index in [1.165, 1.54) is 0 Å². The van der Waals surface area contributed by atoms with E-state index in [1.807, 2.05) is 6.92 Å². The van der Waals surface area contributed by atoms with Gasteiger partial charge in [0.1, 0.15) is 5.69 Å². The fourth-order valence-electron chi connectivity index (χ4n) is 1.45. The molecule has 0 fully saturated rings. The molecule has 0 saturated carbocycles. The number of rotatable bonds is 3. The summed E-state index contributed by atoms with van der Waals surface area (Å²) in [6.07, 6.45) is 0.0113. The Morgan fingerprint density at radius 2 is 2.28 bits per heavy atom. The highest BCUT2D eigenvalue weighted by Gasteiger charge is 2.12. The summed E-state index contributed by atoms with van der Waals surface area (Å²) in [5.41, 5.74) is 7.36. The summed E-state index contributed by atoms with van der Waals surface area (Å²) in [7, 11) is 0. The summed E-state index contributed by atoms with van der Waals surface area (Å²) in [4.78, 5) is 11.8. The van der Waals surface area contributed by atoms with Gasteiger partial charge in [-0.1, -0.05) is 16.8 Å². The minimum atomic E-state index is -0.247. The number of hydrogen-bond donors (Lipinski definition) is 2. The highest BCUT2D eigenvalue weighted by atomic mass is 35.5. The Hall–Kier alpha value is -2.08. The van der Waals surface area contributed by atoms with Gasteiger partial charge in [-0.3, -0.25) is 4.79 Å². The number of nitrogens with two attached hydrogens (primary N) is 1. The molecule has 0 aliphatic heterocycles. The van der Waals surface area contributed by atoms with Crippen molar-refractivity contribution in [1.82, 2.24) is 10.3 Å². The summed E-state index contributed by atoms with van der Waals surface area (Å²) in [6, 6.07) is 5.21. The second kappa shape index (κ2) is 5.05. The molecule has 0 radical (unpaired) electrons. The van der Waals surface area contributed by atoms with E-state index in [1.54, 1.807) is 18.2 Å². The van der Waals surface area contributed by atoms with E-state index in [9.17, 15) is 4.79 Å². The zero-order chi connectivity index (χ0) is 13.1. The van der Waals surface area contributed by atoms with E-state index < -0.39 is 0 Å². The van der Waals surface area contributed by atoms with Crippen molar-refractivity contribution in [3.63, 3.8) is 0 Å². The molecule has 6 nitrogen and oxygen atoms in total. The first-order valence-corrected chi connectivity index (χ1v) is 5.57. The van der Waals surface area contributed by atoms with E-state index in [0.717, 1.165) is 5.56 Å². The smallest absolute Gasteiger partial charge is 0.230 e. The molecule has 3 N–H and O–H groups in total. The average molecular weight is 267 g/mol. The van der Waals surface area contributed by atoms with E-state index in [0.29, 0.717) is 16.4 Å². The van der Waals surface area contributed by atoms with Crippen molar-refractivity contribution in [2.75, 3.05) is 11.1 Å². The lowest BCUT2D eigenvalue weighted by Crippen LogP contribution is -2.16. The van der Waals surface area contributed by atoms with Crippen LogP contribution in [0.4, 0.5) is 11.5 Å². The van der Waals surface area contributed by atoms with E-state index >= 15 is 0 Å². The van der Waals surface area contributed by atoms with E-state index in [4.69, 9.17) is 17.3 Å². The van der Waals surface area contributed by atoms with Crippen LogP contribution in [0.3, 0.4) is 0 Å². The summed E-state index contributed by atoms with van der Waals surface area (Å²) >= 11 is 5.83. The molecule has 2 aromatic rings. The van der Waals surface area contributed by atoms with E-state index in [2.05, 4.69) is 20.3 Å². The third kappa shape index (κ3) is 2.78. The highest BCUT2D eigenvalue weighted by Crippen LogP contribution is 2.19. The molecule has 7 heteroatoms. The van der Waals surface area contributed by atoms with Gasteiger partial charge in [0.2, 0.25) is 5.91 Å². The van der Waals surface area contributed by atoms with Crippen molar-refractivity contribution in [2.45, 2.75) is 13.3 Å². The van der Waals surface area contributed by atoms with Crippen LogP contribution in [0.25, 0.3) is 0 Å². The second-order valence-electron chi connectivity index (χ2n) is 3.78. The first-order valence-electron chi connectivity index (χ1n) is 5.19. The molecule has 0 saturated heterocycles. The predicted octanol–water partition coefficient (Wildman–Crippen LogP) is 1.79. The lowest BCUT2D eigenvalue weighted by atomic mass is 10.2. The molecule has 1 aromatic heterocycles. The number of nitrogens with zero attached hydrogens (tertiary/aromatic N) is 2. The molecular formula is C11H11ClN4O2. The Labute approximate surface area is 108 Å². The molecule has 2 rings (SSSR count). The van der Waals surface area contributed by atoms with Gasteiger partial charge in [-0.2, -0.15) is 0 Å². The minimum Gasteiger partial charge on any atom is -0.379 e. The molecule has 0 atom stereocenters. The van der Waals surface area contributed by atoms with Gasteiger partial charge in [-0.15, -0.1) is 0 Å². The van der Waals surface area contributed by atoms with Crippen molar-refractivity contribution < 1.29 is 9.42 Å². The zero-order valence-electron chi connectivity index (χ0n) is 9.61. The largest absolute Gasteiger partial charge is 0.379 e. The number of nitrogens with one attached hydrogen (secondary N) is 1. The maximum absolute atomic E-state index is 11.8. The first-order chi connectivity index (χ1) is 8.56. The summed E-state index contributed by atoms with van der Waals surface area (Å²) < 4.78 is 4.41. The molecule has 1 amide bonds. The number of benzene rings is 1. The Bertz CT molecular complexity index is 582. The van der Waals surface area contributed by atoms with Gasteiger partial charge in [0, 0.05) is 10.7 Å². The van der Waals surface area contributed by atoms with Crippen LogP contribution in [0.1, 0.15) is 11.3 Å². The number of anilines is 2. The minimum absolute atomic E-state index is 0.0113. The molecule has 0 spiro atoms. The number of carbonyl (C=O) groups is 1. The Morgan fingerprint density at radius 3 is 2.89 bits per heavy atom. The molecule has 0 aliphatic carbocycles. The van der Waals surface area contributed by atoms with Gasteiger partial charge in [-0.05, 0) is 35.8 Å². The van der Waals surface area contributed by atoms with Crippen LogP contribution >= 0.6 is 11.6 Å². The standard InChI is InChI=1S/C11H11ClN4O2/c1-6-4-7(12)2-3-8(6)14-10(17)5-9-11(13)16-18-15-9/h2-4H,5H2,1H3,(H2,13,16)(H,14,17). The second-order valence-corrected chi connectivity index (χ2v) is 4.22. The van der Waals surface area contributed by atoms with Gasteiger partial charge in [0.05, 0.1) is 6.42 Å². The third-order valence-electron chi connectivity index (χ3n) is 2.38. The van der Waals surface area contributed by atoms with Crippen molar-refractivity contribution in [3.8, 4) is 0 Å². The molecule has 0 unspecified atom stereocenters. The number of halogens is 1. The first kappa shape index (κ1) is 12.4. The maximum Gasteiger partial charge on any atom is 0.230 e. The fourth-order valence-corrected chi connectivity index (χ4v) is 1.68. The Balaban J connectivity index is 2.05. The lowest BCUT2D eigenvalue weighted by Gasteiger charge is -2.07. The van der Waals surface area contributed by atoms with Crippen LogP contribution in [0.15, 0.2) is 22.8 Å². The number of carbonyl (C=O) groups excluding carboxylic acids is 1. The van der Waals surface area contributed by atoms with E-state index in [-0.39, 0.29) is 18.1 Å². The third-order valence-corrected chi connectivity index (χ3v) is 2.61. The Morgan fingerprint density at radius 1 is 1.50 bits per heavy atom. The van der Waals surface area contributed by atoms with Gasteiger partial charge in [-0.25, -0.2) is 4.63 Å². The van der Waals surface area contributed by atoms with Gasteiger partial charge in [0.15, 0.2) is 5.82 Å². The monoisotopic (exact) mass is 266 g/mol. The molecule has 94 valence electrons. The number of nitrogen functional groups attached to an aromatic ring is 1. The SMILES string of the molecule is Cc1cc(Cl)ccc1NC(=O)Cc1nonc1N. The highest BCUT2D eigenvalue weighted by molar-refractivity contribution is 6.30. The zero-order valence-corrected chi connectivity index (χ0v) is 10.4. The normalized spacial score (nSPS) is 10.3. The number of amides is 1. The van der Waals surface area contributed by atoms with Crippen LogP contribution < -0.4 is 11.1 Å². The predicted molar refractivity (Wildman–Crippen MR) is 67.2 cm³/mol. The van der Waals surface area contributed by atoms with Crippen LogP contribution in [-0.2, 0) is 11.2 Å². The number of hydrogen-bond acceptors (Lipinski definition) is 5. The molecule has 1 aromatic carbocycles. The van der Waals surface area contributed by atoms with Crippen LogP contribution in [0.2, 0.25) is 5.02 Å². The van der Waals surface area contributed by atoms with Crippen molar-refractivity contribution >= 4 is 29.0 Å². The quantitative estimate of drug-likeness (QED) is 0.883. The maximum atomic E-state index is 11.8. The van der Waals surface area contributed by atoms with Gasteiger partial charge >= 0.3 is 0 Å². The molecular weight excluding hydrogens is 256 g/mol. The molecule has 1 heterocycles. The number of aryl methyl sites for hydroxylation is 1. The van der Waals surface area contributed by atoms with Gasteiger partial charge < -0.3 is 11.1 Å². The summed E-state index contributed by atoms with van der Waals surface area (Å²) in [5, 5.41) is 10.3. The summed E-state index contributed by atoms with van der Waals surface area (Å²) in [5.74, 6) is -0.124. The lowest BCUT2D eigenvalue weighted by molar-refractivity contribution is -0.115. The molecule has 0 aliphatic rings. The van der Waals surface area contributed by atoms with Gasteiger partial charge in [0.25, 0.3) is 0 Å². The molecule has 18 heavy (non-hydrogen) atoms. The Kier molecular flexibility index (Phi) is 3.47. The van der Waals surface area contributed by atoms with Crippen molar-refractivity contribution in [1.29, 1.82) is 0 Å². The number of aromatic nitrogens is 2. The van der Waals surface area contributed by atoms with Crippen molar-refractivity contribution in [2.24, 2.45) is 0 Å². The average Bonchev–Trinajstić information content (AvgIpc) is 2.69. The topological polar surface area (TPSA) is 94.0 Å². The van der Waals surface area contributed by atoms with Crippen LogP contribution in [0.5, 0.6) is 0 Å². The fraction of sp³-hybridized carbons (Fsp3) is 0.182. The van der Waals surface area contributed by atoms with Crippen LogP contribution in [-0.4, -0.2) is 16.2 Å². The summed E-state index contributed by atoms with van der Waals surface area (Å²) in [6.45, 7) is 1.85. The molecule has 0 bridgehead atoms. The van der Waals surface area contributed by atoms with Crippen molar-refractivity contribution in [3.05, 3.63) is 34.5 Å². The van der Waals surface area contributed by atoms with Crippen LogP contribution in [0, 0.1) is 6.92 Å².